The summed E-state index contributed by atoms with van der Waals surface area (Å²) in [7, 11) is 0. The van der Waals surface area contributed by atoms with Crippen LogP contribution in [0.4, 0.5) is 0 Å². The Morgan fingerprint density at radius 2 is 1.94 bits per heavy atom. The van der Waals surface area contributed by atoms with Crippen LogP contribution >= 0.6 is 23.5 Å². The van der Waals surface area contributed by atoms with E-state index < -0.39 is 40.6 Å². The van der Waals surface area contributed by atoms with Crippen LogP contribution in [0.25, 0.3) is 0 Å². The quantitative estimate of drug-likeness (QED) is 0.252. The lowest BCUT2D eigenvalue weighted by Gasteiger charge is -2.49. The van der Waals surface area contributed by atoms with Crippen molar-refractivity contribution in [3.63, 3.8) is 0 Å². The molecule has 0 radical (unpaired) electrons. The summed E-state index contributed by atoms with van der Waals surface area (Å²) in [6, 6.07) is 5.26. The largest absolute Gasteiger partial charge is 0.508 e. The maximum atomic E-state index is 12.7. The Balaban J connectivity index is 1.43. The number of carboxylic acid groups (broad SMARTS) is 1. The van der Waals surface area contributed by atoms with E-state index in [4.69, 9.17) is 5.11 Å². The maximum absolute atomic E-state index is 12.7. The lowest BCUT2D eigenvalue weighted by molar-refractivity contribution is -0.150. The van der Waals surface area contributed by atoms with Crippen LogP contribution in [-0.4, -0.2) is 76.1 Å². The first-order chi connectivity index (χ1) is 15.7. The molecule has 1 aromatic heterocycles. The van der Waals surface area contributed by atoms with Gasteiger partial charge in [-0.25, -0.2) is 4.79 Å². The third-order valence-corrected chi connectivity index (χ3v) is 7.20. The number of nitrogens with one attached hydrogen (secondary N) is 2. The van der Waals surface area contributed by atoms with Gasteiger partial charge >= 0.3 is 11.5 Å². The average molecular weight is 492 g/mol. The molecule has 2 aromatic rings. The van der Waals surface area contributed by atoms with Crippen molar-refractivity contribution in [3.8, 4) is 11.6 Å². The number of rotatable bonds is 7. The molecule has 2 amide bonds. The van der Waals surface area contributed by atoms with Gasteiger partial charge in [-0.15, -0.1) is 22.0 Å². The summed E-state index contributed by atoms with van der Waals surface area (Å²) in [6.07, 6.45) is 0.0107. The molecule has 1 fully saturated rings. The lowest BCUT2D eigenvalue weighted by Crippen LogP contribution is -2.70. The van der Waals surface area contributed by atoms with Crippen molar-refractivity contribution in [2.75, 3.05) is 11.5 Å². The number of phenolic OH excluding ortho intramolecular Hbond substituents is 1. The highest BCUT2D eigenvalue weighted by Gasteiger charge is 2.54. The highest BCUT2D eigenvalue weighted by molar-refractivity contribution is 8.01. The van der Waals surface area contributed by atoms with Gasteiger partial charge in [0.05, 0.1) is 6.42 Å². The fraction of sp³-hybridized carbons (Fsp3) is 0.263. The predicted octanol–water partition coefficient (Wildman–Crippen LogP) is -0.350. The first-order valence-corrected chi connectivity index (χ1v) is 11.5. The van der Waals surface area contributed by atoms with E-state index in [1.165, 1.54) is 23.9 Å². The van der Waals surface area contributed by atoms with Gasteiger partial charge in [-0.2, -0.15) is 0 Å². The van der Waals surface area contributed by atoms with Gasteiger partial charge in [0.2, 0.25) is 5.91 Å². The molecule has 1 unspecified atom stereocenters. The van der Waals surface area contributed by atoms with E-state index in [0.29, 0.717) is 16.9 Å². The predicted molar refractivity (Wildman–Crippen MR) is 117 cm³/mol. The van der Waals surface area contributed by atoms with Crippen LogP contribution in [-0.2, 0) is 20.8 Å². The van der Waals surface area contributed by atoms with E-state index in [-0.39, 0.29) is 28.8 Å². The summed E-state index contributed by atoms with van der Waals surface area (Å²) in [5.74, 6) is -2.47. The molecule has 0 bridgehead atoms. The number of aromatic amines is 1. The van der Waals surface area contributed by atoms with Gasteiger partial charge < -0.3 is 20.6 Å². The number of hydrogen-bond acceptors (Lipinski definition) is 10. The van der Waals surface area contributed by atoms with E-state index in [9.17, 15) is 29.4 Å². The molecule has 2 aliphatic rings. The SMILES string of the molecule is O=C(Cc1ccc(O)cc1)NC1C(=O)N2C(C(=O)O)=C(CSc3nnc(O)c(=O)[nH]3)CS[C@H]12. The van der Waals surface area contributed by atoms with Crippen molar-refractivity contribution in [1.29, 1.82) is 0 Å². The number of aromatic nitrogens is 3. The Labute approximate surface area is 194 Å². The second kappa shape index (κ2) is 9.15. The summed E-state index contributed by atoms with van der Waals surface area (Å²) < 4.78 is 0. The van der Waals surface area contributed by atoms with Crippen LogP contribution in [0.1, 0.15) is 5.56 Å². The number of aromatic hydroxyl groups is 2. The second-order valence-corrected chi connectivity index (χ2v) is 9.20. The van der Waals surface area contributed by atoms with Gasteiger partial charge in [0, 0.05) is 11.5 Å². The number of thioether (sulfide) groups is 2. The molecular formula is C19H17N5O7S2. The van der Waals surface area contributed by atoms with Crippen molar-refractivity contribution in [1.82, 2.24) is 25.4 Å². The van der Waals surface area contributed by atoms with Crippen molar-refractivity contribution >= 4 is 41.3 Å². The Bertz CT molecular complexity index is 1210. The van der Waals surface area contributed by atoms with Gasteiger partial charge in [0.15, 0.2) is 5.16 Å². The third kappa shape index (κ3) is 4.66. The van der Waals surface area contributed by atoms with Crippen molar-refractivity contribution in [2.45, 2.75) is 23.0 Å². The molecular weight excluding hydrogens is 474 g/mol. The highest BCUT2D eigenvalue weighted by atomic mass is 32.2. The Morgan fingerprint density at radius 3 is 2.61 bits per heavy atom. The summed E-state index contributed by atoms with van der Waals surface area (Å²) in [4.78, 5) is 51.9. The normalized spacial score (nSPS) is 19.6. The number of benzene rings is 1. The minimum absolute atomic E-state index is 0.0107. The molecule has 2 atom stereocenters. The molecule has 1 aromatic carbocycles. The summed E-state index contributed by atoms with van der Waals surface area (Å²) in [5.41, 5.74) is 0.133. The van der Waals surface area contributed by atoms with Crippen LogP contribution < -0.4 is 10.9 Å². The molecule has 4 rings (SSSR count). The van der Waals surface area contributed by atoms with Crippen LogP contribution in [0.15, 0.2) is 45.5 Å². The summed E-state index contributed by atoms with van der Waals surface area (Å²) in [5, 5.41) is 37.3. The number of carboxylic acids is 1. The Kier molecular flexibility index (Phi) is 6.29. The number of phenols is 1. The molecule has 5 N–H and O–H groups in total. The molecule has 2 aliphatic heterocycles. The zero-order chi connectivity index (χ0) is 23.7. The van der Waals surface area contributed by atoms with Crippen molar-refractivity contribution < 1.29 is 29.7 Å². The van der Waals surface area contributed by atoms with Crippen LogP contribution in [0.3, 0.4) is 0 Å². The molecule has 1 saturated heterocycles. The number of nitrogens with zero attached hydrogens (tertiary/aromatic N) is 3. The molecule has 12 nitrogen and oxygen atoms in total. The monoisotopic (exact) mass is 491 g/mol. The summed E-state index contributed by atoms with van der Waals surface area (Å²) in [6.45, 7) is 0. The Hall–Kier alpha value is -3.52. The highest BCUT2D eigenvalue weighted by Crippen LogP contribution is 2.41. The standard InChI is InChI=1S/C19H17N5O7S2/c25-10-3-1-8(2-4-10)5-11(26)20-12-16(29)24-13(18(30)31)9(6-32-17(12)24)7-33-19-21-14(27)15(28)22-23-19/h1-4,12,17,25H,5-7H2,(H,20,26)(H,22,28)(H,30,31)(H,21,23,27)/t12?,17-/m1/s1. The van der Waals surface area contributed by atoms with Crippen molar-refractivity contribution in [2.24, 2.45) is 0 Å². The lowest BCUT2D eigenvalue weighted by atomic mass is 10.0. The molecule has 0 saturated carbocycles. The first-order valence-electron chi connectivity index (χ1n) is 9.50. The average Bonchev–Trinajstić information content (AvgIpc) is 2.79. The molecule has 14 heteroatoms. The molecule has 172 valence electrons. The second-order valence-electron chi connectivity index (χ2n) is 7.13. The molecule has 0 spiro atoms. The van der Waals surface area contributed by atoms with Gasteiger partial charge in [-0.1, -0.05) is 23.9 Å². The number of H-pyrrole nitrogens is 1. The van der Waals surface area contributed by atoms with Gasteiger partial charge in [0.1, 0.15) is 22.9 Å². The number of carbonyl (C=O) groups is 3. The molecule has 3 heterocycles. The summed E-state index contributed by atoms with van der Waals surface area (Å²) >= 11 is 2.33. The minimum Gasteiger partial charge on any atom is -0.508 e. The first kappa shape index (κ1) is 22.7. The zero-order valence-corrected chi connectivity index (χ0v) is 18.4. The number of carbonyl (C=O) groups excluding carboxylic acids is 2. The fourth-order valence-electron chi connectivity index (χ4n) is 3.35. The van der Waals surface area contributed by atoms with Crippen LogP contribution in [0, 0.1) is 0 Å². The van der Waals surface area contributed by atoms with E-state index >= 15 is 0 Å². The number of aliphatic carboxylic acids is 1. The van der Waals surface area contributed by atoms with Crippen LogP contribution in [0.2, 0.25) is 0 Å². The van der Waals surface area contributed by atoms with Crippen LogP contribution in [0.5, 0.6) is 11.6 Å². The zero-order valence-electron chi connectivity index (χ0n) is 16.7. The topological polar surface area (TPSA) is 186 Å². The van der Waals surface area contributed by atoms with Gasteiger partial charge in [-0.05, 0) is 23.3 Å². The minimum atomic E-state index is -1.27. The van der Waals surface area contributed by atoms with Gasteiger partial charge in [-0.3, -0.25) is 24.3 Å². The number of amides is 2. The third-order valence-electron chi connectivity index (χ3n) is 4.91. The van der Waals surface area contributed by atoms with E-state index in [1.54, 1.807) is 12.1 Å². The Morgan fingerprint density at radius 1 is 1.21 bits per heavy atom. The number of hydrogen-bond donors (Lipinski definition) is 5. The molecule has 33 heavy (non-hydrogen) atoms. The smallest absolute Gasteiger partial charge is 0.352 e. The van der Waals surface area contributed by atoms with E-state index in [1.807, 2.05) is 0 Å². The maximum Gasteiger partial charge on any atom is 0.352 e. The fourth-order valence-corrected chi connectivity index (χ4v) is 5.64. The van der Waals surface area contributed by atoms with E-state index in [0.717, 1.165) is 16.7 Å². The number of β-lactam (4-membered cyclic amide) rings is 1. The molecule has 0 aliphatic carbocycles. The van der Waals surface area contributed by atoms with E-state index in [2.05, 4.69) is 20.5 Å². The number of fused-ring (bicyclic) bond motifs is 1. The van der Waals surface area contributed by atoms with Crippen molar-refractivity contribution in [3.05, 3.63) is 51.5 Å². The van der Waals surface area contributed by atoms with Gasteiger partial charge in [0.25, 0.3) is 11.8 Å².